The predicted molar refractivity (Wildman–Crippen MR) is 120 cm³/mol. The lowest BCUT2D eigenvalue weighted by atomic mass is 9.88. The number of nitrogens with one attached hydrogen (secondary N) is 1. The van der Waals surface area contributed by atoms with Crippen molar-refractivity contribution in [3.63, 3.8) is 0 Å². The number of aromatic amines is 1. The third-order valence-corrected chi connectivity index (χ3v) is 6.95. The van der Waals surface area contributed by atoms with Crippen molar-refractivity contribution in [2.24, 2.45) is 5.73 Å². The summed E-state index contributed by atoms with van der Waals surface area (Å²) in [4.78, 5) is 26.7. The molecule has 2 fully saturated rings. The number of nitrogens with two attached hydrogens (primary N) is 1. The Hall–Kier alpha value is -3.23. The summed E-state index contributed by atoms with van der Waals surface area (Å²) in [7, 11) is 0. The Kier molecular flexibility index (Phi) is 4.18. The number of aromatic carboxylic acids is 1. The molecule has 5 N–H and O–H groups in total. The predicted octanol–water partition coefficient (Wildman–Crippen LogP) is 2.15. The standard InChI is InChI=1S/C24H25N5O3/c25-24(5-6-24)8-19-21(23(31)32)16-3-1-13-9-26-18(7-17(13)22(16)28-19)14-2-4-20(27-10-14)29-11-15(30)12-29/h2,4,7,9-10,15,28,30H,1,3,5-6,8,11-12,25H2,(H,31,32). The van der Waals surface area contributed by atoms with E-state index in [0.717, 1.165) is 64.4 Å². The summed E-state index contributed by atoms with van der Waals surface area (Å²) in [6, 6.07) is 5.96. The van der Waals surface area contributed by atoms with Crippen molar-refractivity contribution < 1.29 is 15.0 Å². The summed E-state index contributed by atoms with van der Waals surface area (Å²) in [5.74, 6) is -0.0504. The highest BCUT2D eigenvalue weighted by Crippen LogP contribution is 2.41. The van der Waals surface area contributed by atoms with E-state index in [1.807, 2.05) is 29.3 Å². The van der Waals surface area contributed by atoms with Crippen LogP contribution < -0.4 is 10.6 Å². The number of rotatable bonds is 5. The van der Waals surface area contributed by atoms with Crippen LogP contribution in [0.25, 0.3) is 22.5 Å². The van der Waals surface area contributed by atoms with E-state index < -0.39 is 5.97 Å². The molecule has 3 aromatic rings. The zero-order chi connectivity index (χ0) is 22.0. The normalized spacial score (nSPS) is 18.6. The number of pyridine rings is 2. The Morgan fingerprint density at radius 2 is 2.03 bits per heavy atom. The summed E-state index contributed by atoms with van der Waals surface area (Å²) < 4.78 is 0. The Morgan fingerprint density at radius 3 is 2.69 bits per heavy atom. The molecule has 8 nitrogen and oxygen atoms in total. The molecule has 0 unspecified atom stereocenters. The van der Waals surface area contributed by atoms with E-state index in [4.69, 9.17) is 5.73 Å². The minimum atomic E-state index is -0.893. The summed E-state index contributed by atoms with van der Waals surface area (Å²) in [6.07, 6.45) is 7.27. The topological polar surface area (TPSA) is 128 Å². The fourth-order valence-electron chi connectivity index (χ4n) is 4.86. The van der Waals surface area contributed by atoms with Crippen molar-refractivity contribution in [1.29, 1.82) is 0 Å². The number of H-pyrrole nitrogens is 1. The second-order valence-electron chi connectivity index (χ2n) is 9.37. The average Bonchev–Trinajstić information content (AvgIpc) is 3.36. The number of aliphatic hydroxyl groups excluding tert-OH is 1. The van der Waals surface area contributed by atoms with Gasteiger partial charge in [-0.05, 0) is 55.0 Å². The molecule has 0 atom stereocenters. The lowest BCUT2D eigenvalue weighted by Crippen LogP contribution is -2.51. The summed E-state index contributed by atoms with van der Waals surface area (Å²) >= 11 is 0. The van der Waals surface area contributed by atoms with Crippen LogP contribution in [-0.2, 0) is 19.3 Å². The van der Waals surface area contributed by atoms with E-state index in [9.17, 15) is 15.0 Å². The molecule has 164 valence electrons. The van der Waals surface area contributed by atoms with Crippen LogP contribution in [0.5, 0.6) is 0 Å². The first-order chi connectivity index (χ1) is 15.4. The van der Waals surface area contributed by atoms with Gasteiger partial charge in [0.15, 0.2) is 0 Å². The van der Waals surface area contributed by atoms with E-state index >= 15 is 0 Å². The molecule has 2 aliphatic carbocycles. The molecule has 3 aliphatic rings. The van der Waals surface area contributed by atoms with Gasteiger partial charge in [0.05, 0.1) is 23.1 Å². The molecule has 0 spiro atoms. The van der Waals surface area contributed by atoms with Crippen LogP contribution in [0.15, 0.2) is 30.6 Å². The SMILES string of the molecule is NC1(Cc2[nH]c3c(c2C(=O)O)CCc2cnc(-c4ccc(N5CC(O)C5)nc4)cc2-3)CC1. The number of aromatic nitrogens is 3. The number of anilines is 1. The van der Waals surface area contributed by atoms with Crippen molar-refractivity contribution in [3.8, 4) is 22.5 Å². The molecule has 0 amide bonds. The van der Waals surface area contributed by atoms with E-state index in [2.05, 4.69) is 15.0 Å². The number of carboxylic acid groups (broad SMARTS) is 1. The number of aryl methyl sites for hydroxylation is 1. The van der Waals surface area contributed by atoms with Crippen molar-refractivity contribution in [1.82, 2.24) is 15.0 Å². The minimum absolute atomic E-state index is 0.274. The maximum Gasteiger partial charge on any atom is 0.337 e. The van der Waals surface area contributed by atoms with E-state index in [1.165, 1.54) is 0 Å². The lowest BCUT2D eigenvalue weighted by Gasteiger charge is -2.36. The Balaban J connectivity index is 1.37. The molecular formula is C24H25N5O3. The lowest BCUT2D eigenvalue weighted by molar-refractivity contribution is 0.0694. The van der Waals surface area contributed by atoms with E-state index in [1.54, 1.807) is 6.20 Å². The molecule has 32 heavy (non-hydrogen) atoms. The molecule has 0 radical (unpaired) electrons. The number of fused-ring (bicyclic) bond motifs is 3. The van der Waals surface area contributed by atoms with Crippen LogP contribution in [-0.4, -0.2) is 55.9 Å². The fraction of sp³-hybridized carbons (Fsp3) is 0.375. The molecule has 0 bridgehead atoms. The quantitative estimate of drug-likeness (QED) is 0.487. The minimum Gasteiger partial charge on any atom is -0.478 e. The van der Waals surface area contributed by atoms with Crippen molar-refractivity contribution in [3.05, 3.63) is 53.0 Å². The number of nitrogens with zero attached hydrogens (tertiary/aromatic N) is 3. The van der Waals surface area contributed by atoms with Crippen LogP contribution in [0.3, 0.4) is 0 Å². The van der Waals surface area contributed by atoms with E-state index in [0.29, 0.717) is 31.5 Å². The highest BCUT2D eigenvalue weighted by atomic mass is 16.4. The Bertz CT molecular complexity index is 1220. The molecule has 8 heteroatoms. The van der Waals surface area contributed by atoms with E-state index in [-0.39, 0.29) is 11.6 Å². The molecule has 0 aromatic carbocycles. The van der Waals surface area contributed by atoms with Gasteiger partial charge in [0, 0.05) is 54.3 Å². The number of hydrogen-bond acceptors (Lipinski definition) is 6. The zero-order valence-corrected chi connectivity index (χ0v) is 17.6. The zero-order valence-electron chi connectivity index (χ0n) is 17.6. The van der Waals surface area contributed by atoms with Crippen LogP contribution >= 0.6 is 0 Å². The maximum absolute atomic E-state index is 12.1. The first kappa shape index (κ1) is 19.5. The number of β-amino-alcohol motifs (C(OH)–C–C–N with tert-alkyl or cyclic N) is 1. The van der Waals surface area contributed by atoms with Crippen molar-refractivity contribution in [2.75, 3.05) is 18.0 Å². The summed E-state index contributed by atoms with van der Waals surface area (Å²) in [5, 5.41) is 19.4. The first-order valence-corrected chi connectivity index (χ1v) is 11.0. The number of aliphatic hydroxyl groups is 1. The van der Waals surface area contributed by atoms with Gasteiger partial charge in [-0.15, -0.1) is 0 Å². The van der Waals surface area contributed by atoms with Gasteiger partial charge in [0.2, 0.25) is 0 Å². The van der Waals surface area contributed by atoms with Crippen LogP contribution in [0.1, 0.15) is 40.0 Å². The van der Waals surface area contributed by atoms with Crippen molar-refractivity contribution in [2.45, 2.75) is 43.7 Å². The number of carbonyl (C=O) groups is 1. The van der Waals surface area contributed by atoms with Gasteiger partial charge < -0.3 is 25.8 Å². The molecule has 3 aromatic heterocycles. The smallest absolute Gasteiger partial charge is 0.337 e. The van der Waals surface area contributed by atoms with Crippen LogP contribution in [0, 0.1) is 0 Å². The summed E-state index contributed by atoms with van der Waals surface area (Å²) in [6.45, 7) is 1.22. The highest BCUT2D eigenvalue weighted by molar-refractivity contribution is 5.95. The Labute approximate surface area is 185 Å². The number of hydrogen-bond donors (Lipinski definition) is 4. The van der Waals surface area contributed by atoms with Gasteiger partial charge in [-0.3, -0.25) is 4.98 Å². The van der Waals surface area contributed by atoms with Gasteiger partial charge in [0.1, 0.15) is 5.82 Å². The average molecular weight is 431 g/mol. The first-order valence-electron chi connectivity index (χ1n) is 11.0. The van der Waals surface area contributed by atoms with Gasteiger partial charge in [-0.2, -0.15) is 0 Å². The third kappa shape index (κ3) is 3.18. The van der Waals surface area contributed by atoms with Gasteiger partial charge in [-0.1, -0.05) is 0 Å². The molecule has 1 saturated heterocycles. The number of carboxylic acids is 1. The largest absolute Gasteiger partial charge is 0.478 e. The Morgan fingerprint density at radius 1 is 1.22 bits per heavy atom. The molecule has 1 saturated carbocycles. The molecular weight excluding hydrogens is 406 g/mol. The van der Waals surface area contributed by atoms with Gasteiger partial charge >= 0.3 is 5.97 Å². The van der Waals surface area contributed by atoms with Gasteiger partial charge in [0.25, 0.3) is 0 Å². The molecule has 1 aliphatic heterocycles. The monoisotopic (exact) mass is 431 g/mol. The third-order valence-electron chi connectivity index (χ3n) is 6.95. The summed E-state index contributed by atoms with van der Waals surface area (Å²) in [5.41, 5.74) is 12.7. The van der Waals surface area contributed by atoms with Gasteiger partial charge in [-0.25, -0.2) is 9.78 Å². The van der Waals surface area contributed by atoms with Crippen LogP contribution in [0.4, 0.5) is 5.82 Å². The van der Waals surface area contributed by atoms with Crippen molar-refractivity contribution >= 4 is 11.8 Å². The second-order valence-corrected chi connectivity index (χ2v) is 9.37. The maximum atomic E-state index is 12.1. The second kappa shape index (κ2) is 6.88. The molecule has 4 heterocycles. The fourth-order valence-corrected chi connectivity index (χ4v) is 4.86. The highest BCUT2D eigenvalue weighted by Gasteiger charge is 2.40. The molecule has 6 rings (SSSR count). The van der Waals surface area contributed by atoms with Crippen LogP contribution in [0.2, 0.25) is 0 Å².